The smallest absolute Gasteiger partial charge is 0.379 e. The number of ether oxygens (including phenoxy) is 1. The second-order valence-electron chi connectivity index (χ2n) is 6.17. The summed E-state index contributed by atoms with van der Waals surface area (Å²) in [6.45, 7) is 3.09. The van der Waals surface area contributed by atoms with E-state index in [0.717, 1.165) is 42.9 Å². The average molecular weight is 386 g/mol. The van der Waals surface area contributed by atoms with Gasteiger partial charge in [-0.1, -0.05) is 6.42 Å². The van der Waals surface area contributed by atoms with Crippen molar-refractivity contribution in [3.8, 4) is 0 Å². The molecule has 2 heterocycles. The number of nitrogens with zero attached hydrogens (tertiary/aromatic N) is 1. The van der Waals surface area contributed by atoms with Crippen molar-refractivity contribution < 1.29 is 17.9 Å². The number of aromatic nitrogens is 1. The first kappa shape index (κ1) is 19.9. The number of hydrogen-bond donors (Lipinski definition) is 2. The number of rotatable bonds is 5. The van der Waals surface area contributed by atoms with Crippen LogP contribution in [0.3, 0.4) is 0 Å². The van der Waals surface area contributed by atoms with E-state index in [4.69, 9.17) is 4.74 Å². The standard InChI is InChI=1S/C15H22F3N3OS.ClH/c16-15(17,18)13-9-23-14(21-13)4-5-19-11-3-1-2-10(11)12-8-22-7-6-20-12;/h9-12,19-20H,1-8H2;1H. The van der Waals surface area contributed by atoms with Gasteiger partial charge in [0.1, 0.15) is 0 Å². The molecule has 4 nitrogen and oxygen atoms in total. The first-order chi connectivity index (χ1) is 11.0. The third-order valence-electron chi connectivity index (χ3n) is 4.62. The van der Waals surface area contributed by atoms with Gasteiger partial charge in [0.15, 0.2) is 5.69 Å². The molecule has 3 atom stereocenters. The molecule has 2 fully saturated rings. The van der Waals surface area contributed by atoms with E-state index in [1.807, 2.05) is 0 Å². The average Bonchev–Trinajstić information content (AvgIpc) is 3.17. The fourth-order valence-corrected chi connectivity index (χ4v) is 4.31. The minimum absolute atomic E-state index is 0. The molecule has 2 aliphatic rings. The second kappa shape index (κ2) is 8.80. The third kappa shape index (κ3) is 5.05. The topological polar surface area (TPSA) is 46.2 Å². The van der Waals surface area contributed by atoms with Crippen LogP contribution in [0.2, 0.25) is 0 Å². The summed E-state index contributed by atoms with van der Waals surface area (Å²) >= 11 is 1.08. The SMILES string of the molecule is Cl.FC(F)(F)c1csc(CCNC2CCCC2C2COCCN2)n1. The molecule has 0 bridgehead atoms. The van der Waals surface area contributed by atoms with E-state index in [1.54, 1.807) is 0 Å². The van der Waals surface area contributed by atoms with Crippen LogP contribution in [0.4, 0.5) is 13.2 Å². The molecule has 3 rings (SSSR count). The molecule has 1 aromatic rings. The van der Waals surface area contributed by atoms with Crippen molar-refractivity contribution in [2.24, 2.45) is 5.92 Å². The lowest BCUT2D eigenvalue weighted by Gasteiger charge is -2.33. The summed E-state index contributed by atoms with van der Waals surface area (Å²) in [7, 11) is 0. The molecule has 0 spiro atoms. The van der Waals surface area contributed by atoms with Crippen LogP contribution in [0.15, 0.2) is 5.38 Å². The van der Waals surface area contributed by atoms with Crippen molar-refractivity contribution in [3.63, 3.8) is 0 Å². The van der Waals surface area contributed by atoms with Crippen LogP contribution in [0, 0.1) is 5.92 Å². The van der Waals surface area contributed by atoms with Gasteiger partial charge >= 0.3 is 6.18 Å². The summed E-state index contributed by atoms with van der Waals surface area (Å²) in [6, 6.07) is 0.802. The zero-order valence-corrected chi connectivity index (χ0v) is 14.9. The van der Waals surface area contributed by atoms with Crippen molar-refractivity contribution in [3.05, 3.63) is 16.1 Å². The van der Waals surface area contributed by atoms with E-state index in [9.17, 15) is 13.2 Å². The van der Waals surface area contributed by atoms with Gasteiger partial charge in [0.05, 0.1) is 18.2 Å². The van der Waals surface area contributed by atoms with Crippen molar-refractivity contribution in [1.82, 2.24) is 15.6 Å². The van der Waals surface area contributed by atoms with Crippen LogP contribution in [0.25, 0.3) is 0 Å². The predicted octanol–water partition coefficient (Wildman–Crippen LogP) is 2.87. The van der Waals surface area contributed by atoms with Crippen LogP contribution >= 0.6 is 23.7 Å². The molecule has 3 unspecified atom stereocenters. The highest BCUT2D eigenvalue weighted by Gasteiger charge is 2.35. The maximum atomic E-state index is 12.5. The van der Waals surface area contributed by atoms with Gasteiger partial charge in [0.25, 0.3) is 0 Å². The minimum Gasteiger partial charge on any atom is -0.379 e. The Morgan fingerprint density at radius 3 is 2.88 bits per heavy atom. The summed E-state index contributed by atoms with van der Waals surface area (Å²) in [6.07, 6.45) is -0.317. The highest BCUT2D eigenvalue weighted by Crippen LogP contribution is 2.31. The Morgan fingerprint density at radius 2 is 2.21 bits per heavy atom. The fourth-order valence-electron chi connectivity index (χ4n) is 3.50. The molecule has 0 radical (unpaired) electrons. The number of morpholine rings is 1. The Morgan fingerprint density at radius 1 is 1.38 bits per heavy atom. The Balaban J connectivity index is 0.00000208. The molecular weight excluding hydrogens is 363 g/mol. The van der Waals surface area contributed by atoms with Gasteiger partial charge in [-0.3, -0.25) is 0 Å². The summed E-state index contributed by atoms with van der Waals surface area (Å²) < 4.78 is 43.2. The van der Waals surface area contributed by atoms with Gasteiger partial charge in [0.2, 0.25) is 0 Å². The summed E-state index contributed by atoms with van der Waals surface area (Å²) in [5.41, 5.74) is -0.778. The number of halogens is 4. The molecular formula is C15H23ClF3N3OS. The Labute approximate surface area is 150 Å². The highest BCUT2D eigenvalue weighted by molar-refractivity contribution is 7.09. The molecule has 1 aliphatic carbocycles. The van der Waals surface area contributed by atoms with Crippen molar-refractivity contribution in [2.45, 2.75) is 43.9 Å². The third-order valence-corrected chi connectivity index (χ3v) is 5.53. The maximum Gasteiger partial charge on any atom is 0.434 e. The van der Waals surface area contributed by atoms with Crippen LogP contribution < -0.4 is 10.6 Å². The first-order valence-corrected chi connectivity index (χ1v) is 8.98. The number of alkyl halides is 3. The lowest BCUT2D eigenvalue weighted by Crippen LogP contribution is -2.51. The molecule has 0 amide bonds. The van der Waals surface area contributed by atoms with Gasteiger partial charge in [-0.2, -0.15) is 13.2 Å². The molecule has 2 N–H and O–H groups in total. The lowest BCUT2D eigenvalue weighted by molar-refractivity contribution is -0.140. The monoisotopic (exact) mass is 385 g/mol. The molecule has 1 saturated heterocycles. The van der Waals surface area contributed by atoms with E-state index in [1.165, 1.54) is 12.8 Å². The van der Waals surface area contributed by atoms with Gasteiger partial charge in [-0.15, -0.1) is 23.7 Å². The minimum atomic E-state index is -4.34. The van der Waals surface area contributed by atoms with Crippen molar-refractivity contribution in [2.75, 3.05) is 26.3 Å². The molecule has 0 aromatic carbocycles. The molecule has 138 valence electrons. The predicted molar refractivity (Wildman–Crippen MR) is 89.8 cm³/mol. The van der Waals surface area contributed by atoms with Crippen molar-refractivity contribution in [1.29, 1.82) is 0 Å². The Hall–Kier alpha value is -0.410. The largest absolute Gasteiger partial charge is 0.434 e. The number of nitrogens with one attached hydrogen (secondary N) is 2. The summed E-state index contributed by atoms with van der Waals surface area (Å²) in [5, 5.41) is 8.67. The van der Waals surface area contributed by atoms with E-state index in [0.29, 0.717) is 36.0 Å². The van der Waals surface area contributed by atoms with Crippen molar-refractivity contribution >= 4 is 23.7 Å². The Kier molecular flexibility index (Phi) is 7.30. The summed E-state index contributed by atoms with van der Waals surface area (Å²) in [4.78, 5) is 3.68. The van der Waals surface area contributed by atoms with E-state index >= 15 is 0 Å². The molecule has 1 saturated carbocycles. The zero-order chi connectivity index (χ0) is 16.3. The normalized spacial score (nSPS) is 27.9. The van der Waals surface area contributed by atoms with E-state index in [2.05, 4.69) is 15.6 Å². The molecule has 1 aromatic heterocycles. The van der Waals surface area contributed by atoms with Gasteiger partial charge in [-0.25, -0.2) is 4.98 Å². The lowest BCUT2D eigenvalue weighted by atomic mass is 9.94. The zero-order valence-electron chi connectivity index (χ0n) is 13.3. The highest BCUT2D eigenvalue weighted by atomic mass is 35.5. The van der Waals surface area contributed by atoms with Crippen LogP contribution in [0.1, 0.15) is 30.0 Å². The van der Waals surface area contributed by atoms with Gasteiger partial charge < -0.3 is 15.4 Å². The first-order valence-electron chi connectivity index (χ1n) is 8.10. The van der Waals surface area contributed by atoms with Crippen LogP contribution in [-0.2, 0) is 17.3 Å². The molecule has 1 aliphatic heterocycles. The number of thiazole rings is 1. The Bertz CT molecular complexity index is 508. The van der Waals surface area contributed by atoms with Gasteiger partial charge in [-0.05, 0) is 18.8 Å². The fraction of sp³-hybridized carbons (Fsp3) is 0.800. The number of hydrogen-bond acceptors (Lipinski definition) is 5. The van der Waals surface area contributed by atoms with Gasteiger partial charge in [0, 0.05) is 37.0 Å². The quantitative estimate of drug-likeness (QED) is 0.818. The van der Waals surface area contributed by atoms with Crippen LogP contribution in [0.5, 0.6) is 0 Å². The second-order valence-corrected chi connectivity index (χ2v) is 7.11. The maximum absolute atomic E-state index is 12.5. The van der Waals surface area contributed by atoms with E-state index < -0.39 is 11.9 Å². The molecule has 9 heteroatoms. The van der Waals surface area contributed by atoms with E-state index in [-0.39, 0.29) is 12.4 Å². The molecule has 24 heavy (non-hydrogen) atoms. The summed E-state index contributed by atoms with van der Waals surface area (Å²) in [5.74, 6) is 0.539. The van der Waals surface area contributed by atoms with Crippen LogP contribution in [-0.4, -0.2) is 43.4 Å².